The van der Waals surface area contributed by atoms with Crippen LogP contribution in [0.5, 0.6) is 11.5 Å². The third-order valence-electron chi connectivity index (χ3n) is 5.24. The minimum atomic E-state index is -0.244. The second-order valence-corrected chi connectivity index (χ2v) is 8.22. The summed E-state index contributed by atoms with van der Waals surface area (Å²) in [4.78, 5) is 17.7. The summed E-state index contributed by atoms with van der Waals surface area (Å²) in [5.41, 5.74) is 5.20. The highest BCUT2D eigenvalue weighted by Gasteiger charge is 2.13. The van der Waals surface area contributed by atoms with Gasteiger partial charge < -0.3 is 14.8 Å². The van der Waals surface area contributed by atoms with Crippen LogP contribution in [0.25, 0.3) is 0 Å². The minimum Gasteiger partial charge on any atom is -0.497 e. The third kappa shape index (κ3) is 6.60. The molecule has 1 aromatic heterocycles. The normalized spacial score (nSPS) is 11.3. The molecule has 0 saturated carbocycles. The second-order valence-electron chi connectivity index (χ2n) is 8.22. The molecule has 2 N–H and O–H groups in total. The van der Waals surface area contributed by atoms with Crippen LogP contribution in [-0.4, -0.2) is 35.9 Å². The molecule has 0 radical (unpaired) electrons. The lowest BCUT2D eigenvalue weighted by Crippen LogP contribution is -2.36. The molecule has 0 unspecified atom stereocenters. The average molecular weight is 464 g/mol. The molecule has 0 atom stereocenters. The van der Waals surface area contributed by atoms with Gasteiger partial charge in [-0.15, -0.1) is 0 Å². The maximum atomic E-state index is 13.1. The van der Waals surface area contributed by atoms with E-state index in [2.05, 4.69) is 27.6 Å². The van der Waals surface area contributed by atoms with Crippen molar-refractivity contribution in [3.63, 3.8) is 0 Å². The Labute approximate surface area is 201 Å². The quantitative estimate of drug-likeness (QED) is 0.375. The van der Waals surface area contributed by atoms with Crippen LogP contribution >= 0.6 is 0 Å². The molecule has 0 bridgehead atoms. The summed E-state index contributed by atoms with van der Waals surface area (Å²) in [6, 6.07) is 11.1. The molecule has 180 valence electrons. The van der Waals surface area contributed by atoms with E-state index >= 15 is 0 Å². The molecule has 0 aliphatic heterocycles. The average Bonchev–Trinajstić information content (AvgIpc) is 3.15. The first kappa shape index (κ1) is 24.8. The van der Waals surface area contributed by atoms with Gasteiger partial charge in [-0.25, -0.2) is 4.99 Å². The van der Waals surface area contributed by atoms with Gasteiger partial charge in [-0.1, -0.05) is 24.1 Å². The highest BCUT2D eigenvalue weighted by atomic mass is 16.5. The predicted octanol–water partition coefficient (Wildman–Crippen LogP) is 4.63. The molecular weight excluding hydrogens is 430 g/mol. The van der Waals surface area contributed by atoms with E-state index in [1.165, 1.54) is 0 Å². The van der Waals surface area contributed by atoms with Crippen molar-refractivity contribution in [2.24, 2.45) is 4.99 Å². The lowest BCUT2D eigenvalue weighted by atomic mass is 10.1. The molecule has 8 nitrogen and oxygen atoms in total. The number of guanidine groups is 1. The van der Waals surface area contributed by atoms with E-state index in [0.717, 1.165) is 35.3 Å². The van der Waals surface area contributed by atoms with E-state index < -0.39 is 0 Å². The summed E-state index contributed by atoms with van der Waals surface area (Å²) in [7, 11) is 3.18. The number of hydrogen-bond acceptors (Lipinski definition) is 5. The Morgan fingerprint density at radius 1 is 1.00 bits per heavy atom. The van der Waals surface area contributed by atoms with Gasteiger partial charge in [0.15, 0.2) is 0 Å². The number of benzene rings is 2. The van der Waals surface area contributed by atoms with Gasteiger partial charge in [-0.2, -0.15) is 5.10 Å². The van der Waals surface area contributed by atoms with Gasteiger partial charge in [0.1, 0.15) is 11.5 Å². The molecule has 0 fully saturated rings. The standard InChI is InChI=1S/C26H33N5O3/c1-7-8-31-16-21(19(4)30-31)15-27-26(28-22-12-23(33-5)14-24(13-22)34-6)29-25(32)20-10-17(2)9-18(3)11-20/h9-14,16H,7-8,15H2,1-6H3,(H2,27,28,29,32). The van der Waals surface area contributed by atoms with Crippen molar-refractivity contribution in [3.05, 3.63) is 70.5 Å². The largest absolute Gasteiger partial charge is 0.497 e. The fraction of sp³-hybridized carbons (Fsp3) is 0.346. The van der Waals surface area contributed by atoms with E-state index in [-0.39, 0.29) is 5.91 Å². The number of amides is 1. The fourth-order valence-electron chi connectivity index (χ4n) is 3.63. The summed E-state index contributed by atoms with van der Waals surface area (Å²) in [6.45, 7) is 9.23. The van der Waals surface area contributed by atoms with E-state index in [0.29, 0.717) is 35.3 Å². The van der Waals surface area contributed by atoms with Crippen molar-refractivity contribution in [3.8, 4) is 11.5 Å². The Bertz CT molecular complexity index is 1140. The molecular formula is C26H33N5O3. The first-order chi connectivity index (χ1) is 16.3. The molecule has 0 spiro atoms. The zero-order valence-corrected chi connectivity index (χ0v) is 20.7. The number of nitrogens with zero attached hydrogens (tertiary/aromatic N) is 3. The van der Waals surface area contributed by atoms with Crippen molar-refractivity contribution < 1.29 is 14.3 Å². The lowest BCUT2D eigenvalue weighted by molar-refractivity contribution is 0.0976. The van der Waals surface area contributed by atoms with Crippen LogP contribution < -0.4 is 20.1 Å². The molecule has 0 saturated heterocycles. The van der Waals surface area contributed by atoms with E-state index in [1.54, 1.807) is 20.3 Å². The molecule has 8 heteroatoms. The van der Waals surface area contributed by atoms with Crippen LogP contribution in [0.15, 0.2) is 47.6 Å². The summed E-state index contributed by atoms with van der Waals surface area (Å²) in [6.07, 6.45) is 3.00. The number of carbonyl (C=O) groups excluding carboxylic acids is 1. The van der Waals surface area contributed by atoms with E-state index in [1.807, 2.05) is 62.0 Å². The lowest BCUT2D eigenvalue weighted by Gasteiger charge is -2.14. The Morgan fingerprint density at radius 3 is 2.24 bits per heavy atom. The molecule has 0 aliphatic carbocycles. The number of rotatable bonds is 8. The van der Waals surface area contributed by atoms with Crippen molar-refractivity contribution >= 4 is 17.6 Å². The van der Waals surface area contributed by atoms with Crippen molar-refractivity contribution in [1.82, 2.24) is 15.1 Å². The van der Waals surface area contributed by atoms with Crippen LogP contribution in [0.1, 0.15) is 46.1 Å². The summed E-state index contributed by atoms with van der Waals surface area (Å²) < 4.78 is 12.7. The number of aromatic nitrogens is 2. The van der Waals surface area contributed by atoms with Gasteiger partial charge in [-0.05, 0) is 39.3 Å². The number of methoxy groups -OCH3 is 2. The molecule has 0 aliphatic rings. The van der Waals surface area contributed by atoms with Crippen LogP contribution in [-0.2, 0) is 13.1 Å². The Kier molecular flexibility index (Phi) is 8.29. The summed E-state index contributed by atoms with van der Waals surface area (Å²) >= 11 is 0. The molecule has 1 amide bonds. The highest BCUT2D eigenvalue weighted by Crippen LogP contribution is 2.25. The minimum absolute atomic E-state index is 0.244. The Balaban J connectivity index is 1.90. The molecule has 3 rings (SSSR count). The first-order valence-electron chi connectivity index (χ1n) is 11.3. The third-order valence-corrected chi connectivity index (χ3v) is 5.24. The summed E-state index contributed by atoms with van der Waals surface area (Å²) in [5, 5.41) is 10.7. The highest BCUT2D eigenvalue weighted by molar-refractivity contribution is 6.10. The van der Waals surface area contributed by atoms with Crippen molar-refractivity contribution in [1.29, 1.82) is 0 Å². The topological polar surface area (TPSA) is 89.8 Å². The molecule has 1 heterocycles. The van der Waals surface area contributed by atoms with Gasteiger partial charge in [0.25, 0.3) is 5.91 Å². The number of ether oxygens (including phenoxy) is 2. The maximum Gasteiger partial charge on any atom is 0.257 e. The number of carbonyl (C=O) groups is 1. The number of aliphatic imine (C=N–C) groups is 1. The monoisotopic (exact) mass is 463 g/mol. The first-order valence-corrected chi connectivity index (χ1v) is 11.3. The molecule has 2 aromatic carbocycles. The number of aryl methyl sites for hydroxylation is 4. The maximum absolute atomic E-state index is 13.1. The predicted molar refractivity (Wildman–Crippen MR) is 135 cm³/mol. The van der Waals surface area contributed by atoms with E-state index in [9.17, 15) is 4.79 Å². The van der Waals surface area contributed by atoms with Crippen molar-refractivity contribution in [2.45, 2.75) is 47.2 Å². The van der Waals surface area contributed by atoms with Crippen LogP contribution in [0, 0.1) is 20.8 Å². The number of nitrogens with one attached hydrogen (secondary N) is 2. The van der Waals surface area contributed by atoms with Crippen LogP contribution in [0.2, 0.25) is 0 Å². The van der Waals surface area contributed by atoms with Crippen molar-refractivity contribution in [2.75, 3.05) is 19.5 Å². The zero-order valence-electron chi connectivity index (χ0n) is 20.7. The van der Waals surface area contributed by atoms with Crippen LogP contribution in [0.4, 0.5) is 5.69 Å². The Morgan fingerprint density at radius 2 is 1.65 bits per heavy atom. The van der Waals surface area contributed by atoms with Gasteiger partial charge in [0, 0.05) is 47.8 Å². The summed E-state index contributed by atoms with van der Waals surface area (Å²) in [5.74, 6) is 1.32. The molecule has 34 heavy (non-hydrogen) atoms. The number of hydrogen-bond donors (Lipinski definition) is 2. The van der Waals surface area contributed by atoms with Gasteiger partial charge in [0.2, 0.25) is 5.96 Å². The SMILES string of the molecule is CCCn1cc(CN=C(NC(=O)c2cc(C)cc(C)c2)Nc2cc(OC)cc(OC)c2)c(C)n1. The van der Waals surface area contributed by atoms with Gasteiger partial charge in [-0.3, -0.25) is 14.8 Å². The van der Waals surface area contributed by atoms with E-state index in [4.69, 9.17) is 9.47 Å². The van der Waals surface area contributed by atoms with Gasteiger partial charge >= 0.3 is 0 Å². The zero-order chi connectivity index (χ0) is 24.7. The second kappa shape index (κ2) is 11.4. The van der Waals surface area contributed by atoms with Crippen LogP contribution in [0.3, 0.4) is 0 Å². The number of anilines is 1. The smallest absolute Gasteiger partial charge is 0.257 e. The fourth-order valence-corrected chi connectivity index (χ4v) is 3.63. The van der Waals surface area contributed by atoms with Gasteiger partial charge in [0.05, 0.1) is 26.5 Å². The molecule has 3 aromatic rings. The Hall–Kier alpha value is -3.81.